The van der Waals surface area contributed by atoms with Gasteiger partial charge in [0.15, 0.2) is 0 Å². The minimum atomic E-state index is -4.12. The summed E-state index contributed by atoms with van der Waals surface area (Å²) < 4.78 is 46.9. The van der Waals surface area contributed by atoms with Gasteiger partial charge in [0.25, 0.3) is 6.43 Å². The fourth-order valence-electron chi connectivity index (χ4n) is 0.921. The number of rotatable bonds is 2. The van der Waals surface area contributed by atoms with E-state index in [-0.39, 0.29) is 3.70 Å². The number of hydrogen-bond donors (Lipinski definition) is 2. The van der Waals surface area contributed by atoms with Crippen molar-refractivity contribution in [3.8, 4) is 0 Å². The van der Waals surface area contributed by atoms with Crippen LogP contribution in [-0.2, 0) is 10.0 Å². The van der Waals surface area contributed by atoms with Gasteiger partial charge in [0, 0.05) is 0 Å². The first kappa shape index (κ1) is 12.5. The minimum Gasteiger partial charge on any atom is -0.396 e. The lowest BCUT2D eigenvalue weighted by molar-refractivity contribution is 0.146. The molecule has 0 atom stereocenters. The maximum Gasteiger partial charge on any atom is 0.282 e. The number of hydrogen-bond acceptors (Lipinski definition) is 4. The van der Waals surface area contributed by atoms with Gasteiger partial charge in [-0.1, -0.05) is 0 Å². The quantitative estimate of drug-likeness (QED) is 0.611. The standard InChI is InChI=1S/C6H6F2IN3O2S/c7-6(8)5-4(10)2(15(11,13)14)1-3(9)12-5/h1,6H,10H2,(H2,11,13,14). The first-order valence-corrected chi connectivity index (χ1v) is 6.13. The molecular formula is C6H6F2IN3O2S. The Hall–Kier alpha value is -0.550. The highest BCUT2D eigenvalue weighted by molar-refractivity contribution is 14.1. The van der Waals surface area contributed by atoms with Gasteiger partial charge in [0.2, 0.25) is 10.0 Å². The molecule has 0 fully saturated rings. The Balaban J connectivity index is 3.56. The number of primary sulfonamides is 1. The summed E-state index contributed by atoms with van der Waals surface area (Å²) in [5.41, 5.74) is 3.86. The molecule has 0 bridgehead atoms. The van der Waals surface area contributed by atoms with Crippen LogP contribution in [-0.4, -0.2) is 13.4 Å². The molecule has 0 aromatic carbocycles. The summed E-state index contributed by atoms with van der Waals surface area (Å²) in [6.45, 7) is 0. The molecular weight excluding hydrogens is 343 g/mol. The molecule has 0 spiro atoms. The Morgan fingerprint density at radius 2 is 2.00 bits per heavy atom. The van der Waals surface area contributed by atoms with E-state index in [1.165, 1.54) is 0 Å². The molecule has 1 heterocycles. The molecule has 9 heteroatoms. The van der Waals surface area contributed by atoms with E-state index < -0.39 is 32.7 Å². The minimum absolute atomic E-state index is 0.0844. The number of nitrogens with zero attached hydrogens (tertiary/aromatic N) is 1. The van der Waals surface area contributed by atoms with Crippen LogP contribution >= 0.6 is 22.6 Å². The van der Waals surface area contributed by atoms with Crippen molar-refractivity contribution in [1.29, 1.82) is 0 Å². The second kappa shape index (κ2) is 4.14. The molecule has 0 radical (unpaired) electrons. The molecule has 0 unspecified atom stereocenters. The van der Waals surface area contributed by atoms with Crippen molar-refractivity contribution in [2.75, 3.05) is 5.73 Å². The zero-order valence-electron chi connectivity index (χ0n) is 7.12. The van der Waals surface area contributed by atoms with E-state index in [0.717, 1.165) is 6.07 Å². The van der Waals surface area contributed by atoms with Crippen molar-refractivity contribution in [2.45, 2.75) is 11.3 Å². The fourth-order valence-corrected chi connectivity index (χ4v) is 2.39. The van der Waals surface area contributed by atoms with E-state index in [1.54, 1.807) is 22.6 Å². The third kappa shape index (κ3) is 2.72. The Bertz CT molecular complexity index is 491. The lowest BCUT2D eigenvalue weighted by Crippen LogP contribution is -2.16. The second-order valence-electron chi connectivity index (χ2n) is 2.59. The number of alkyl halides is 2. The Morgan fingerprint density at radius 3 is 2.40 bits per heavy atom. The van der Waals surface area contributed by atoms with Gasteiger partial charge in [-0.2, -0.15) is 0 Å². The highest BCUT2D eigenvalue weighted by Gasteiger charge is 2.22. The fraction of sp³-hybridized carbons (Fsp3) is 0.167. The second-order valence-corrected chi connectivity index (χ2v) is 5.22. The van der Waals surface area contributed by atoms with E-state index in [1.807, 2.05) is 0 Å². The molecule has 4 N–H and O–H groups in total. The molecule has 5 nitrogen and oxygen atoms in total. The first-order valence-electron chi connectivity index (χ1n) is 3.50. The molecule has 15 heavy (non-hydrogen) atoms. The zero-order chi connectivity index (χ0) is 11.8. The van der Waals surface area contributed by atoms with Crippen LogP contribution in [0.3, 0.4) is 0 Å². The number of anilines is 1. The summed E-state index contributed by atoms with van der Waals surface area (Å²) in [6.07, 6.45) is -2.94. The van der Waals surface area contributed by atoms with Crippen molar-refractivity contribution in [2.24, 2.45) is 5.14 Å². The van der Waals surface area contributed by atoms with E-state index in [0.29, 0.717) is 0 Å². The summed E-state index contributed by atoms with van der Waals surface area (Å²) in [4.78, 5) is 2.91. The van der Waals surface area contributed by atoms with Gasteiger partial charge < -0.3 is 5.73 Å². The molecule has 1 rings (SSSR count). The smallest absolute Gasteiger partial charge is 0.282 e. The molecule has 0 aliphatic carbocycles. The topological polar surface area (TPSA) is 99.1 Å². The Labute approximate surface area is 98.0 Å². The van der Waals surface area contributed by atoms with Crippen LogP contribution in [0, 0.1) is 3.70 Å². The van der Waals surface area contributed by atoms with Gasteiger partial charge in [-0.15, -0.1) is 0 Å². The van der Waals surface area contributed by atoms with E-state index in [2.05, 4.69) is 4.98 Å². The van der Waals surface area contributed by atoms with Crippen LogP contribution < -0.4 is 10.9 Å². The van der Waals surface area contributed by atoms with Gasteiger partial charge in [-0.25, -0.2) is 27.3 Å². The van der Waals surface area contributed by atoms with E-state index in [4.69, 9.17) is 10.9 Å². The molecule has 84 valence electrons. The van der Waals surface area contributed by atoms with E-state index in [9.17, 15) is 17.2 Å². The van der Waals surface area contributed by atoms with E-state index >= 15 is 0 Å². The molecule has 0 aliphatic rings. The predicted octanol–water partition coefficient (Wildman–Crippen LogP) is 0.853. The van der Waals surface area contributed by atoms with Crippen molar-refractivity contribution < 1.29 is 17.2 Å². The van der Waals surface area contributed by atoms with Crippen molar-refractivity contribution >= 4 is 38.3 Å². The number of nitrogen functional groups attached to an aromatic ring is 1. The third-order valence-corrected chi connectivity index (χ3v) is 3.04. The molecule has 1 aromatic rings. The van der Waals surface area contributed by atoms with Crippen LogP contribution in [0.5, 0.6) is 0 Å². The van der Waals surface area contributed by atoms with Crippen LogP contribution in [0.4, 0.5) is 14.5 Å². The average Bonchev–Trinajstić information content (AvgIpc) is 2.06. The van der Waals surface area contributed by atoms with Crippen LogP contribution in [0.15, 0.2) is 11.0 Å². The van der Waals surface area contributed by atoms with Gasteiger partial charge >= 0.3 is 0 Å². The normalized spacial score (nSPS) is 12.1. The Morgan fingerprint density at radius 1 is 1.47 bits per heavy atom. The van der Waals surface area contributed by atoms with Gasteiger partial charge in [0.1, 0.15) is 14.3 Å². The summed E-state index contributed by atoms with van der Waals surface area (Å²) >= 11 is 1.60. The van der Waals surface area contributed by atoms with Crippen molar-refractivity contribution in [3.63, 3.8) is 0 Å². The third-order valence-electron chi connectivity index (χ3n) is 1.53. The van der Waals surface area contributed by atoms with Crippen LogP contribution in [0.25, 0.3) is 0 Å². The number of pyridine rings is 1. The summed E-state index contributed by atoms with van der Waals surface area (Å²) in [7, 11) is -4.12. The molecule has 1 aromatic heterocycles. The maximum atomic E-state index is 12.4. The number of sulfonamides is 1. The zero-order valence-corrected chi connectivity index (χ0v) is 10.1. The summed E-state index contributed by atoms with van der Waals surface area (Å²) in [5.74, 6) is 0. The van der Waals surface area contributed by atoms with Crippen molar-refractivity contribution in [1.82, 2.24) is 4.98 Å². The monoisotopic (exact) mass is 349 g/mol. The maximum absolute atomic E-state index is 12.4. The molecule has 0 saturated heterocycles. The highest BCUT2D eigenvalue weighted by atomic mass is 127. The molecule has 0 aliphatic heterocycles. The summed E-state index contributed by atoms with van der Waals surface area (Å²) in [5, 5.41) is 4.81. The number of nitrogens with two attached hydrogens (primary N) is 2. The lowest BCUT2D eigenvalue weighted by atomic mass is 10.3. The van der Waals surface area contributed by atoms with Gasteiger partial charge in [-0.05, 0) is 28.7 Å². The average molecular weight is 349 g/mol. The molecule has 0 amide bonds. The van der Waals surface area contributed by atoms with Gasteiger partial charge in [-0.3, -0.25) is 0 Å². The summed E-state index contributed by atoms with van der Waals surface area (Å²) in [6, 6.07) is 1.04. The van der Waals surface area contributed by atoms with Crippen LogP contribution in [0.2, 0.25) is 0 Å². The molecule has 0 saturated carbocycles. The number of halogens is 3. The predicted molar refractivity (Wildman–Crippen MR) is 57.7 cm³/mol. The SMILES string of the molecule is Nc1c(S(N)(=O)=O)cc(I)nc1C(F)F. The highest BCUT2D eigenvalue weighted by Crippen LogP contribution is 2.29. The first-order chi connectivity index (χ1) is 6.73. The van der Waals surface area contributed by atoms with Crippen molar-refractivity contribution in [3.05, 3.63) is 15.5 Å². The number of aromatic nitrogens is 1. The largest absolute Gasteiger partial charge is 0.396 e. The van der Waals surface area contributed by atoms with Crippen LogP contribution in [0.1, 0.15) is 12.1 Å². The lowest BCUT2D eigenvalue weighted by Gasteiger charge is -2.08. The Kier molecular flexibility index (Phi) is 3.45. The van der Waals surface area contributed by atoms with Gasteiger partial charge in [0.05, 0.1) is 5.69 Å².